The standard InChI is InChI=1S/C12H18Cl2N2O2/c1-6(8(3)18-12(17)7(2)15)11-10(14)4-9(13)5-16-11/h4-8,11,16H,15H2,1-3H3/t6?,7-,8?,11?/m0/s1. The average molecular weight is 293 g/mol. The quantitative estimate of drug-likeness (QED) is 0.779. The summed E-state index contributed by atoms with van der Waals surface area (Å²) < 4.78 is 5.26. The van der Waals surface area contributed by atoms with Gasteiger partial charge in [0.15, 0.2) is 0 Å². The van der Waals surface area contributed by atoms with E-state index in [4.69, 9.17) is 33.7 Å². The fourth-order valence-electron chi connectivity index (χ4n) is 1.58. The van der Waals surface area contributed by atoms with E-state index in [0.717, 1.165) is 0 Å². The highest BCUT2D eigenvalue weighted by molar-refractivity contribution is 6.35. The van der Waals surface area contributed by atoms with Gasteiger partial charge < -0.3 is 15.8 Å². The number of dihydropyridines is 1. The Morgan fingerprint density at radius 3 is 2.56 bits per heavy atom. The van der Waals surface area contributed by atoms with Crippen molar-refractivity contribution in [2.45, 2.75) is 39.0 Å². The van der Waals surface area contributed by atoms with Crippen LogP contribution in [0.1, 0.15) is 20.8 Å². The molecule has 0 aromatic heterocycles. The van der Waals surface area contributed by atoms with Crippen LogP contribution in [-0.2, 0) is 9.53 Å². The number of halogens is 2. The van der Waals surface area contributed by atoms with Crippen molar-refractivity contribution in [2.75, 3.05) is 0 Å². The molecule has 1 heterocycles. The van der Waals surface area contributed by atoms with Crippen LogP contribution < -0.4 is 11.1 Å². The maximum Gasteiger partial charge on any atom is 0.322 e. The van der Waals surface area contributed by atoms with Gasteiger partial charge in [-0.3, -0.25) is 4.79 Å². The van der Waals surface area contributed by atoms with Gasteiger partial charge in [0.25, 0.3) is 0 Å². The Kier molecular flexibility index (Phi) is 5.50. The van der Waals surface area contributed by atoms with Crippen LogP contribution in [-0.4, -0.2) is 24.2 Å². The van der Waals surface area contributed by atoms with E-state index in [2.05, 4.69) is 5.32 Å². The molecule has 0 aromatic carbocycles. The Labute approximate surface area is 117 Å². The van der Waals surface area contributed by atoms with E-state index in [0.29, 0.717) is 10.1 Å². The Hall–Kier alpha value is -0.710. The third kappa shape index (κ3) is 3.90. The lowest BCUT2D eigenvalue weighted by Gasteiger charge is -2.30. The second kappa shape index (κ2) is 6.45. The molecule has 1 aliphatic heterocycles. The van der Waals surface area contributed by atoms with E-state index < -0.39 is 12.0 Å². The van der Waals surface area contributed by atoms with Crippen LogP contribution >= 0.6 is 23.2 Å². The minimum Gasteiger partial charge on any atom is -0.461 e. The van der Waals surface area contributed by atoms with Crippen molar-refractivity contribution in [3.63, 3.8) is 0 Å². The van der Waals surface area contributed by atoms with Crippen LogP contribution in [0, 0.1) is 5.92 Å². The minimum absolute atomic E-state index is 0.00235. The van der Waals surface area contributed by atoms with Crippen LogP contribution in [0.3, 0.4) is 0 Å². The van der Waals surface area contributed by atoms with Crippen LogP contribution in [0.5, 0.6) is 0 Å². The maximum atomic E-state index is 11.4. The van der Waals surface area contributed by atoms with Gasteiger partial charge in [0.1, 0.15) is 12.1 Å². The van der Waals surface area contributed by atoms with Gasteiger partial charge in [-0.15, -0.1) is 0 Å². The molecule has 0 fully saturated rings. The summed E-state index contributed by atoms with van der Waals surface area (Å²) in [6.07, 6.45) is 3.06. The number of ether oxygens (including phenoxy) is 1. The zero-order chi connectivity index (χ0) is 13.9. The first-order valence-corrected chi connectivity index (χ1v) is 6.53. The van der Waals surface area contributed by atoms with Gasteiger partial charge in [0.2, 0.25) is 0 Å². The monoisotopic (exact) mass is 292 g/mol. The predicted molar refractivity (Wildman–Crippen MR) is 73.2 cm³/mol. The van der Waals surface area contributed by atoms with Gasteiger partial charge in [0.05, 0.1) is 11.1 Å². The first-order valence-electron chi connectivity index (χ1n) is 5.77. The summed E-state index contributed by atoms with van der Waals surface area (Å²) in [6, 6.07) is -0.746. The second-order valence-electron chi connectivity index (χ2n) is 4.49. The molecule has 3 unspecified atom stereocenters. The Balaban J connectivity index is 2.62. The van der Waals surface area contributed by atoms with Crippen molar-refractivity contribution >= 4 is 29.2 Å². The van der Waals surface area contributed by atoms with Crippen LogP contribution in [0.2, 0.25) is 0 Å². The van der Waals surface area contributed by atoms with Crippen molar-refractivity contribution in [1.82, 2.24) is 5.32 Å². The molecular formula is C12H18Cl2N2O2. The summed E-state index contributed by atoms with van der Waals surface area (Å²) in [5, 5.41) is 4.23. The molecule has 0 saturated heterocycles. The number of hydrogen-bond acceptors (Lipinski definition) is 4. The molecule has 1 rings (SSSR count). The molecule has 102 valence electrons. The van der Waals surface area contributed by atoms with Gasteiger partial charge in [-0.2, -0.15) is 0 Å². The van der Waals surface area contributed by atoms with Gasteiger partial charge >= 0.3 is 5.97 Å². The Bertz CT molecular complexity index is 380. The molecular weight excluding hydrogens is 275 g/mol. The molecule has 18 heavy (non-hydrogen) atoms. The first-order chi connectivity index (χ1) is 8.32. The molecule has 0 bridgehead atoms. The summed E-state index contributed by atoms with van der Waals surface area (Å²) in [7, 11) is 0. The lowest BCUT2D eigenvalue weighted by Crippen LogP contribution is -2.42. The Morgan fingerprint density at radius 2 is 2.06 bits per heavy atom. The highest BCUT2D eigenvalue weighted by Crippen LogP contribution is 2.26. The highest BCUT2D eigenvalue weighted by Gasteiger charge is 2.29. The Morgan fingerprint density at radius 1 is 1.44 bits per heavy atom. The van der Waals surface area contributed by atoms with Crippen LogP contribution in [0.4, 0.5) is 0 Å². The van der Waals surface area contributed by atoms with E-state index in [-0.39, 0.29) is 18.1 Å². The summed E-state index contributed by atoms with van der Waals surface area (Å²) in [6.45, 7) is 5.35. The smallest absolute Gasteiger partial charge is 0.322 e. The SMILES string of the molecule is CC(OC(=O)[C@H](C)N)C(C)C1NC=C(Cl)C=C1Cl. The number of nitrogens with one attached hydrogen (secondary N) is 1. The summed E-state index contributed by atoms with van der Waals surface area (Å²) in [5.74, 6) is -0.420. The van der Waals surface area contributed by atoms with Crippen molar-refractivity contribution < 1.29 is 9.53 Å². The molecule has 0 aromatic rings. The summed E-state index contributed by atoms with van der Waals surface area (Å²) in [4.78, 5) is 11.4. The number of carbonyl (C=O) groups excluding carboxylic acids is 1. The van der Waals surface area contributed by atoms with Crippen LogP contribution in [0.15, 0.2) is 22.3 Å². The summed E-state index contributed by atoms with van der Waals surface area (Å²) in [5.41, 5.74) is 5.45. The molecule has 4 nitrogen and oxygen atoms in total. The topological polar surface area (TPSA) is 64.3 Å². The van der Waals surface area contributed by atoms with Crippen molar-refractivity contribution in [3.05, 3.63) is 22.3 Å². The summed E-state index contributed by atoms with van der Waals surface area (Å²) >= 11 is 11.9. The molecule has 0 aliphatic carbocycles. The van der Waals surface area contributed by atoms with E-state index in [1.54, 1.807) is 19.2 Å². The molecule has 0 saturated carbocycles. The number of carbonyl (C=O) groups is 1. The zero-order valence-electron chi connectivity index (χ0n) is 10.6. The molecule has 3 N–H and O–H groups in total. The van der Waals surface area contributed by atoms with Crippen molar-refractivity contribution in [3.8, 4) is 0 Å². The molecule has 0 radical (unpaired) electrons. The van der Waals surface area contributed by atoms with Gasteiger partial charge in [-0.1, -0.05) is 30.1 Å². The molecule has 0 amide bonds. The van der Waals surface area contributed by atoms with E-state index in [9.17, 15) is 4.79 Å². The lowest BCUT2D eigenvalue weighted by molar-refractivity contribution is -0.151. The first kappa shape index (κ1) is 15.3. The highest BCUT2D eigenvalue weighted by atomic mass is 35.5. The maximum absolute atomic E-state index is 11.4. The number of hydrogen-bond donors (Lipinski definition) is 2. The fraction of sp³-hybridized carbons (Fsp3) is 0.583. The average Bonchev–Trinajstić information content (AvgIpc) is 2.27. The second-order valence-corrected chi connectivity index (χ2v) is 5.37. The predicted octanol–water partition coefficient (Wildman–Crippen LogP) is 2.08. The molecule has 1 aliphatic rings. The number of esters is 1. The minimum atomic E-state index is -0.626. The zero-order valence-corrected chi connectivity index (χ0v) is 12.1. The number of allylic oxidation sites excluding steroid dienone is 2. The van der Waals surface area contributed by atoms with Gasteiger partial charge in [0, 0.05) is 17.2 Å². The van der Waals surface area contributed by atoms with Gasteiger partial charge in [-0.25, -0.2) is 0 Å². The lowest BCUT2D eigenvalue weighted by atomic mass is 9.95. The fourth-order valence-corrected chi connectivity index (χ4v) is 2.20. The molecule has 6 heteroatoms. The van der Waals surface area contributed by atoms with E-state index in [1.165, 1.54) is 0 Å². The van der Waals surface area contributed by atoms with Gasteiger partial charge in [-0.05, 0) is 19.9 Å². The third-order valence-corrected chi connectivity index (χ3v) is 3.48. The van der Waals surface area contributed by atoms with E-state index >= 15 is 0 Å². The largest absolute Gasteiger partial charge is 0.461 e. The van der Waals surface area contributed by atoms with E-state index in [1.807, 2.05) is 13.8 Å². The normalized spacial score (nSPS) is 24.2. The third-order valence-electron chi connectivity index (χ3n) is 2.91. The number of rotatable bonds is 4. The van der Waals surface area contributed by atoms with Crippen LogP contribution in [0.25, 0.3) is 0 Å². The molecule has 0 spiro atoms. The number of nitrogens with two attached hydrogens (primary N) is 1. The molecule has 4 atom stereocenters. The van der Waals surface area contributed by atoms with Crippen molar-refractivity contribution in [1.29, 1.82) is 0 Å². The van der Waals surface area contributed by atoms with Crippen molar-refractivity contribution in [2.24, 2.45) is 11.7 Å².